The van der Waals surface area contributed by atoms with Gasteiger partial charge in [-0.15, -0.1) is 10.2 Å². The maximum Gasteiger partial charge on any atom is 0.304 e. The van der Waals surface area contributed by atoms with Crippen molar-refractivity contribution in [2.24, 2.45) is 0 Å². The van der Waals surface area contributed by atoms with Gasteiger partial charge >= 0.3 is 5.97 Å². The Morgan fingerprint density at radius 2 is 2.16 bits per heavy atom. The van der Waals surface area contributed by atoms with Gasteiger partial charge in [-0.25, -0.2) is 0 Å². The largest absolute Gasteiger partial charge is 0.481 e. The highest BCUT2D eigenvalue weighted by Gasteiger charge is 2.10. The van der Waals surface area contributed by atoms with Crippen LogP contribution in [-0.4, -0.2) is 27.8 Å². The molecule has 0 saturated carbocycles. The minimum Gasteiger partial charge on any atom is -0.481 e. The first-order chi connectivity index (χ1) is 9.16. The number of aliphatic carboxylic acids is 1. The monoisotopic (exact) mass is 261 g/mol. The molecule has 2 aromatic rings. The maximum atomic E-state index is 10.3. The summed E-state index contributed by atoms with van der Waals surface area (Å²) < 4.78 is 5.53. The minimum absolute atomic E-state index is 0.0682. The van der Waals surface area contributed by atoms with Gasteiger partial charge in [-0.2, -0.15) is 0 Å². The first kappa shape index (κ1) is 13.2. The second-order valence-electron chi connectivity index (χ2n) is 4.14. The van der Waals surface area contributed by atoms with E-state index in [4.69, 9.17) is 9.52 Å². The normalized spacial score (nSPS) is 10.6. The van der Waals surface area contributed by atoms with Crippen LogP contribution in [0.5, 0.6) is 0 Å². The lowest BCUT2D eigenvalue weighted by atomic mass is 10.1. The second kappa shape index (κ2) is 6.10. The van der Waals surface area contributed by atoms with E-state index in [1.807, 2.05) is 31.2 Å². The Morgan fingerprint density at radius 3 is 2.89 bits per heavy atom. The van der Waals surface area contributed by atoms with Crippen molar-refractivity contribution in [2.45, 2.75) is 19.9 Å². The predicted octanol–water partition coefficient (Wildman–Crippen LogP) is 1.61. The van der Waals surface area contributed by atoms with Gasteiger partial charge in [0, 0.05) is 12.1 Å². The molecule has 19 heavy (non-hydrogen) atoms. The molecule has 0 saturated heterocycles. The molecule has 0 unspecified atom stereocenters. The fraction of sp³-hybridized carbons (Fsp3) is 0.308. The summed E-state index contributed by atoms with van der Waals surface area (Å²) in [6.45, 7) is 2.72. The van der Waals surface area contributed by atoms with Crippen LogP contribution < -0.4 is 5.32 Å². The lowest BCUT2D eigenvalue weighted by Crippen LogP contribution is -2.17. The van der Waals surface area contributed by atoms with Crippen molar-refractivity contribution < 1.29 is 14.3 Å². The number of rotatable bonds is 6. The highest BCUT2D eigenvalue weighted by molar-refractivity contribution is 5.66. The molecule has 0 bridgehead atoms. The molecule has 0 amide bonds. The molecule has 2 rings (SSSR count). The van der Waals surface area contributed by atoms with Crippen LogP contribution in [0.25, 0.3) is 11.5 Å². The van der Waals surface area contributed by atoms with E-state index in [2.05, 4.69) is 15.5 Å². The zero-order valence-electron chi connectivity index (χ0n) is 10.6. The highest BCUT2D eigenvalue weighted by Crippen LogP contribution is 2.21. The summed E-state index contributed by atoms with van der Waals surface area (Å²) in [5.41, 5.74) is 1.98. The molecular weight excluding hydrogens is 246 g/mol. The Labute approximate surface area is 110 Å². The molecule has 1 aromatic heterocycles. The number of hydrogen-bond acceptors (Lipinski definition) is 5. The van der Waals surface area contributed by atoms with Gasteiger partial charge in [-0.3, -0.25) is 4.79 Å². The average Bonchev–Trinajstić information content (AvgIpc) is 2.83. The Bertz CT molecular complexity index is 566. The summed E-state index contributed by atoms with van der Waals surface area (Å²) in [4.78, 5) is 10.3. The van der Waals surface area contributed by atoms with Crippen LogP contribution in [0.15, 0.2) is 28.7 Å². The number of carbonyl (C=O) groups is 1. The van der Waals surface area contributed by atoms with E-state index in [-0.39, 0.29) is 6.42 Å². The lowest BCUT2D eigenvalue weighted by Gasteiger charge is -1.99. The van der Waals surface area contributed by atoms with Crippen LogP contribution in [0.4, 0.5) is 0 Å². The van der Waals surface area contributed by atoms with Crippen LogP contribution in [0.1, 0.15) is 17.9 Å². The molecular formula is C13H15N3O3. The third-order valence-corrected chi connectivity index (χ3v) is 2.63. The van der Waals surface area contributed by atoms with Gasteiger partial charge in [0.05, 0.1) is 13.0 Å². The fourth-order valence-corrected chi connectivity index (χ4v) is 1.64. The molecule has 6 nitrogen and oxygen atoms in total. The number of benzene rings is 1. The van der Waals surface area contributed by atoms with Gasteiger partial charge in [0.25, 0.3) is 0 Å². The molecule has 1 heterocycles. The molecule has 0 aliphatic carbocycles. The number of nitrogens with one attached hydrogen (secondary N) is 1. The predicted molar refractivity (Wildman–Crippen MR) is 68.4 cm³/mol. The standard InChI is InChI=1S/C13H15N3O3/c1-9-4-2-3-5-10(9)13-16-15-11(19-13)8-14-7-6-12(17)18/h2-5,14H,6-8H2,1H3,(H,17,18). The van der Waals surface area contributed by atoms with Crippen LogP contribution >= 0.6 is 0 Å². The van der Waals surface area contributed by atoms with Gasteiger partial charge in [-0.1, -0.05) is 18.2 Å². The molecule has 0 fully saturated rings. The maximum absolute atomic E-state index is 10.3. The van der Waals surface area contributed by atoms with Crippen molar-refractivity contribution in [3.8, 4) is 11.5 Å². The van der Waals surface area contributed by atoms with Crippen molar-refractivity contribution in [3.05, 3.63) is 35.7 Å². The van der Waals surface area contributed by atoms with Crippen LogP contribution in [0, 0.1) is 6.92 Å². The van der Waals surface area contributed by atoms with Gasteiger partial charge in [0.2, 0.25) is 11.8 Å². The van der Waals surface area contributed by atoms with Gasteiger partial charge in [0.15, 0.2) is 0 Å². The van der Waals surface area contributed by atoms with Crippen molar-refractivity contribution in [3.63, 3.8) is 0 Å². The number of aromatic nitrogens is 2. The van der Waals surface area contributed by atoms with E-state index in [0.29, 0.717) is 24.9 Å². The van der Waals surface area contributed by atoms with E-state index in [0.717, 1.165) is 11.1 Å². The fourth-order valence-electron chi connectivity index (χ4n) is 1.64. The van der Waals surface area contributed by atoms with Crippen LogP contribution in [-0.2, 0) is 11.3 Å². The van der Waals surface area contributed by atoms with E-state index in [1.165, 1.54) is 0 Å². The number of carboxylic acid groups (broad SMARTS) is 1. The topological polar surface area (TPSA) is 88.2 Å². The summed E-state index contributed by atoms with van der Waals surface area (Å²) in [6, 6.07) is 7.76. The molecule has 0 spiro atoms. The summed E-state index contributed by atoms with van der Waals surface area (Å²) in [7, 11) is 0. The van der Waals surface area contributed by atoms with Crippen molar-refractivity contribution in [1.82, 2.24) is 15.5 Å². The Morgan fingerprint density at radius 1 is 1.37 bits per heavy atom. The quantitative estimate of drug-likeness (QED) is 0.768. The molecule has 0 aliphatic rings. The van der Waals surface area contributed by atoms with Crippen molar-refractivity contribution in [1.29, 1.82) is 0 Å². The summed E-state index contributed by atoms with van der Waals surface area (Å²) >= 11 is 0. The van der Waals surface area contributed by atoms with Crippen LogP contribution in [0.3, 0.4) is 0 Å². The van der Waals surface area contributed by atoms with E-state index >= 15 is 0 Å². The van der Waals surface area contributed by atoms with Gasteiger partial charge < -0.3 is 14.8 Å². The SMILES string of the molecule is Cc1ccccc1-c1nnc(CNCCC(=O)O)o1. The Hall–Kier alpha value is -2.21. The van der Waals surface area contributed by atoms with E-state index < -0.39 is 5.97 Å². The van der Waals surface area contributed by atoms with Crippen molar-refractivity contribution >= 4 is 5.97 Å². The third-order valence-electron chi connectivity index (χ3n) is 2.63. The number of carboxylic acids is 1. The summed E-state index contributed by atoms with van der Waals surface area (Å²) in [5.74, 6) is 0.0930. The van der Waals surface area contributed by atoms with Crippen molar-refractivity contribution in [2.75, 3.05) is 6.54 Å². The number of nitrogens with zero attached hydrogens (tertiary/aromatic N) is 2. The molecule has 0 aliphatic heterocycles. The Kier molecular flexibility index (Phi) is 4.25. The first-order valence-corrected chi connectivity index (χ1v) is 5.97. The highest BCUT2D eigenvalue weighted by atomic mass is 16.4. The molecule has 0 radical (unpaired) electrons. The van der Waals surface area contributed by atoms with Gasteiger partial charge in [0.1, 0.15) is 0 Å². The van der Waals surface area contributed by atoms with E-state index in [1.54, 1.807) is 0 Å². The minimum atomic E-state index is -0.835. The zero-order chi connectivity index (χ0) is 13.7. The zero-order valence-corrected chi connectivity index (χ0v) is 10.6. The molecule has 100 valence electrons. The number of aryl methyl sites for hydroxylation is 1. The molecule has 0 atom stereocenters. The summed E-state index contributed by atoms with van der Waals surface area (Å²) in [5, 5.41) is 19.3. The third kappa shape index (κ3) is 3.62. The van der Waals surface area contributed by atoms with Gasteiger partial charge in [-0.05, 0) is 18.6 Å². The summed E-state index contributed by atoms with van der Waals surface area (Å²) in [6.07, 6.45) is 0.0682. The Balaban J connectivity index is 1.96. The first-order valence-electron chi connectivity index (χ1n) is 5.97. The average molecular weight is 261 g/mol. The number of hydrogen-bond donors (Lipinski definition) is 2. The van der Waals surface area contributed by atoms with Crippen LogP contribution in [0.2, 0.25) is 0 Å². The second-order valence-corrected chi connectivity index (χ2v) is 4.14. The van der Waals surface area contributed by atoms with E-state index in [9.17, 15) is 4.79 Å². The smallest absolute Gasteiger partial charge is 0.304 e. The molecule has 1 aromatic carbocycles. The lowest BCUT2D eigenvalue weighted by molar-refractivity contribution is -0.136. The molecule has 2 N–H and O–H groups in total. The molecule has 6 heteroatoms.